The molecular weight excluding hydrogens is 400 g/mol. The summed E-state index contributed by atoms with van der Waals surface area (Å²) in [5.41, 5.74) is 2.28. The smallest absolute Gasteiger partial charge is 0.137 e. The second-order valence-electron chi connectivity index (χ2n) is 7.99. The first-order valence-corrected chi connectivity index (χ1v) is 11.3. The highest BCUT2D eigenvalue weighted by atomic mass is 35.5. The molecule has 0 bridgehead atoms. The van der Waals surface area contributed by atoms with Crippen LogP contribution in [-0.2, 0) is 6.54 Å². The highest BCUT2D eigenvalue weighted by Crippen LogP contribution is 2.35. The topological polar surface area (TPSA) is 43.0 Å². The van der Waals surface area contributed by atoms with Gasteiger partial charge in [-0.25, -0.2) is 0 Å². The average molecular weight is 431 g/mol. The molecule has 2 aliphatic rings. The van der Waals surface area contributed by atoms with Crippen LogP contribution in [0.4, 0.5) is 0 Å². The number of halogens is 1. The van der Waals surface area contributed by atoms with E-state index in [2.05, 4.69) is 22.3 Å². The Morgan fingerprint density at radius 2 is 2.00 bits per heavy atom. The number of nitrogens with one attached hydrogen (secondary N) is 1. The Bertz CT molecular complexity index is 839. The summed E-state index contributed by atoms with van der Waals surface area (Å²) in [6.45, 7) is 5.45. The largest absolute Gasteiger partial charge is 0.497 e. The van der Waals surface area contributed by atoms with E-state index < -0.39 is 0 Å². The van der Waals surface area contributed by atoms with Gasteiger partial charge in [-0.15, -0.1) is 0 Å². The van der Waals surface area contributed by atoms with Gasteiger partial charge in [0.1, 0.15) is 23.9 Å². The first-order chi connectivity index (χ1) is 14.7. The maximum atomic E-state index is 6.49. The van der Waals surface area contributed by atoms with E-state index in [4.69, 9.17) is 25.8 Å². The fourth-order valence-electron chi connectivity index (χ4n) is 4.19. The van der Waals surface area contributed by atoms with Crippen molar-refractivity contribution in [2.45, 2.75) is 38.3 Å². The number of nitrogens with zero attached hydrogens (tertiary/aromatic N) is 1. The van der Waals surface area contributed by atoms with Crippen LogP contribution in [0.15, 0.2) is 36.4 Å². The molecule has 0 spiro atoms. The number of hydrogen-bond donors (Lipinski definition) is 1. The molecule has 0 aromatic heterocycles. The first kappa shape index (κ1) is 21.3. The van der Waals surface area contributed by atoms with Gasteiger partial charge in [-0.2, -0.15) is 0 Å². The lowest BCUT2D eigenvalue weighted by Crippen LogP contribution is -2.33. The fourth-order valence-corrected chi connectivity index (χ4v) is 4.45. The summed E-state index contributed by atoms with van der Waals surface area (Å²) < 4.78 is 17.1. The van der Waals surface area contributed by atoms with Crippen LogP contribution in [0.25, 0.3) is 0 Å². The van der Waals surface area contributed by atoms with Gasteiger partial charge in [-0.05, 0) is 61.8 Å². The van der Waals surface area contributed by atoms with Crippen molar-refractivity contribution in [1.82, 2.24) is 10.2 Å². The minimum absolute atomic E-state index is 0.225. The second kappa shape index (κ2) is 10.4. The van der Waals surface area contributed by atoms with Crippen LogP contribution in [0.5, 0.6) is 17.2 Å². The van der Waals surface area contributed by atoms with Crippen molar-refractivity contribution in [2.75, 3.05) is 40.0 Å². The molecular formula is C24H31ClN2O3. The second-order valence-corrected chi connectivity index (χ2v) is 8.40. The molecule has 2 heterocycles. The predicted molar refractivity (Wildman–Crippen MR) is 120 cm³/mol. The normalized spacial score (nSPS) is 19.1. The summed E-state index contributed by atoms with van der Waals surface area (Å²) in [5.74, 6) is 2.54. The van der Waals surface area contributed by atoms with Crippen LogP contribution in [-0.4, -0.2) is 44.9 Å². The van der Waals surface area contributed by atoms with Crippen LogP contribution in [0.2, 0.25) is 5.02 Å². The highest BCUT2D eigenvalue weighted by Gasteiger charge is 2.22. The summed E-state index contributed by atoms with van der Waals surface area (Å²) in [6, 6.07) is 12.3. The summed E-state index contributed by atoms with van der Waals surface area (Å²) in [7, 11) is 1.69. The molecule has 1 N–H and O–H groups in total. The van der Waals surface area contributed by atoms with Gasteiger partial charge in [-0.3, -0.25) is 4.90 Å². The van der Waals surface area contributed by atoms with E-state index in [1.165, 1.54) is 32.4 Å². The molecule has 0 radical (unpaired) electrons. The van der Waals surface area contributed by atoms with Crippen LogP contribution in [0.1, 0.15) is 42.9 Å². The first-order valence-electron chi connectivity index (χ1n) is 10.9. The molecule has 2 aromatic carbocycles. The van der Waals surface area contributed by atoms with Gasteiger partial charge in [-0.1, -0.05) is 24.1 Å². The number of benzene rings is 2. The van der Waals surface area contributed by atoms with Crippen LogP contribution in [0, 0.1) is 0 Å². The summed E-state index contributed by atoms with van der Waals surface area (Å²) in [6.07, 6.45) is 4.87. The summed E-state index contributed by atoms with van der Waals surface area (Å²) >= 11 is 6.49. The van der Waals surface area contributed by atoms with Gasteiger partial charge in [0.25, 0.3) is 0 Å². The van der Waals surface area contributed by atoms with Crippen molar-refractivity contribution in [1.29, 1.82) is 0 Å². The lowest BCUT2D eigenvalue weighted by Gasteiger charge is -2.27. The Labute approximate surface area is 184 Å². The van der Waals surface area contributed by atoms with Crippen LogP contribution < -0.4 is 19.5 Å². The summed E-state index contributed by atoms with van der Waals surface area (Å²) in [5, 5.41) is 4.31. The van der Waals surface area contributed by atoms with Crippen molar-refractivity contribution in [2.24, 2.45) is 0 Å². The Kier molecular flexibility index (Phi) is 7.37. The Morgan fingerprint density at radius 3 is 2.80 bits per heavy atom. The van der Waals surface area contributed by atoms with Crippen LogP contribution in [0.3, 0.4) is 0 Å². The molecule has 0 aliphatic carbocycles. The molecule has 4 rings (SSSR count). The van der Waals surface area contributed by atoms with Crippen molar-refractivity contribution < 1.29 is 14.2 Å². The SMILES string of the molecule is COc1ccc2c(c1)[C@@H](NCc1ccc(OCCN3CCCCC3)c(Cl)c1)CCO2. The molecule has 0 amide bonds. The van der Waals surface area contributed by atoms with E-state index in [9.17, 15) is 0 Å². The molecule has 0 unspecified atom stereocenters. The number of hydrogen-bond acceptors (Lipinski definition) is 5. The number of piperidine rings is 1. The third-order valence-corrected chi connectivity index (χ3v) is 6.21. The Morgan fingerprint density at radius 1 is 1.13 bits per heavy atom. The zero-order valence-electron chi connectivity index (χ0n) is 17.7. The lowest BCUT2D eigenvalue weighted by atomic mass is 10.00. The molecule has 2 aliphatic heterocycles. The number of rotatable bonds is 8. The van der Waals surface area contributed by atoms with E-state index in [-0.39, 0.29) is 6.04 Å². The zero-order chi connectivity index (χ0) is 20.8. The monoisotopic (exact) mass is 430 g/mol. The van der Waals surface area contributed by atoms with E-state index in [0.29, 0.717) is 18.2 Å². The van der Waals surface area contributed by atoms with E-state index in [0.717, 1.165) is 47.9 Å². The highest BCUT2D eigenvalue weighted by molar-refractivity contribution is 6.32. The number of fused-ring (bicyclic) bond motifs is 1. The van der Waals surface area contributed by atoms with Gasteiger partial charge < -0.3 is 19.5 Å². The standard InChI is InChI=1S/C24H31ClN2O3/c1-28-19-6-8-23-20(16-19)22(9-13-29-23)26-17-18-5-7-24(21(25)15-18)30-14-12-27-10-3-2-4-11-27/h5-8,15-16,22,26H,2-4,9-14,17H2,1H3/t22-/m0/s1. The van der Waals surface area contributed by atoms with Gasteiger partial charge in [0.05, 0.1) is 18.7 Å². The van der Waals surface area contributed by atoms with Crippen LogP contribution >= 0.6 is 11.6 Å². The van der Waals surface area contributed by atoms with Crippen molar-refractivity contribution in [3.05, 3.63) is 52.5 Å². The van der Waals surface area contributed by atoms with Gasteiger partial charge in [0.2, 0.25) is 0 Å². The van der Waals surface area contributed by atoms with Gasteiger partial charge >= 0.3 is 0 Å². The minimum Gasteiger partial charge on any atom is -0.497 e. The molecule has 1 atom stereocenters. The van der Waals surface area contributed by atoms with E-state index in [1.807, 2.05) is 24.3 Å². The van der Waals surface area contributed by atoms with Gasteiger partial charge in [0, 0.05) is 31.1 Å². The van der Waals surface area contributed by atoms with Crippen molar-refractivity contribution >= 4 is 11.6 Å². The Hall–Kier alpha value is -1.95. The number of ether oxygens (including phenoxy) is 3. The average Bonchev–Trinajstić information content (AvgIpc) is 2.79. The molecule has 6 heteroatoms. The third kappa shape index (κ3) is 5.39. The number of likely N-dealkylation sites (tertiary alicyclic amines) is 1. The molecule has 5 nitrogen and oxygen atoms in total. The maximum Gasteiger partial charge on any atom is 0.137 e. The van der Waals surface area contributed by atoms with Gasteiger partial charge in [0.15, 0.2) is 0 Å². The number of methoxy groups -OCH3 is 1. The molecule has 1 fully saturated rings. The van der Waals surface area contributed by atoms with E-state index in [1.54, 1.807) is 7.11 Å². The fraction of sp³-hybridized carbons (Fsp3) is 0.500. The minimum atomic E-state index is 0.225. The van der Waals surface area contributed by atoms with Crippen molar-refractivity contribution in [3.63, 3.8) is 0 Å². The predicted octanol–water partition coefficient (Wildman–Crippen LogP) is 4.83. The Balaban J connectivity index is 1.31. The molecule has 162 valence electrons. The quantitative estimate of drug-likeness (QED) is 0.649. The zero-order valence-corrected chi connectivity index (χ0v) is 18.4. The molecule has 1 saturated heterocycles. The lowest BCUT2D eigenvalue weighted by molar-refractivity contribution is 0.183. The van der Waals surface area contributed by atoms with Crippen molar-refractivity contribution in [3.8, 4) is 17.2 Å². The third-order valence-electron chi connectivity index (χ3n) is 5.92. The molecule has 2 aromatic rings. The molecule has 30 heavy (non-hydrogen) atoms. The molecule has 0 saturated carbocycles. The van der Waals surface area contributed by atoms with E-state index >= 15 is 0 Å². The summed E-state index contributed by atoms with van der Waals surface area (Å²) in [4.78, 5) is 2.47. The maximum absolute atomic E-state index is 6.49.